The van der Waals surface area contributed by atoms with E-state index >= 15 is 0 Å². The number of ether oxygens (including phenoxy) is 1. The average Bonchev–Trinajstić information content (AvgIpc) is 2.26. The number of Topliss-reactive ketones (excluding diaryl/α,β-unsaturated/α-hetero) is 1. The summed E-state index contributed by atoms with van der Waals surface area (Å²) in [6.07, 6.45) is 5.36. The zero-order chi connectivity index (χ0) is 15.3. The number of carbonyl (C=O) groups is 3. The van der Waals surface area contributed by atoms with Crippen LogP contribution in [-0.2, 0) is 19.1 Å². The first-order chi connectivity index (χ1) is 8.83. The van der Waals surface area contributed by atoms with E-state index in [0.29, 0.717) is 0 Å². The molecule has 0 aromatic rings. The molecule has 0 aliphatic rings. The molecule has 1 atom stereocenters. The number of rotatable bonds is 8. The molecule has 0 aliphatic carbocycles. The van der Waals surface area contributed by atoms with E-state index in [1.165, 1.54) is 33.1 Å². The lowest BCUT2D eigenvalue weighted by Crippen LogP contribution is -2.14. The number of hydrogen-bond donors (Lipinski definition) is 1. The number of esters is 1. The molecule has 1 N–H and O–H groups in total. The van der Waals surface area contributed by atoms with Gasteiger partial charge in [-0.2, -0.15) is 0 Å². The normalized spacial score (nSPS) is 10.9. The summed E-state index contributed by atoms with van der Waals surface area (Å²) >= 11 is 0. The Balaban J connectivity index is 0. The SMILES string of the molecule is CC(=O)CC(=O)O.CCCCCC(CC)OC(C)=O. The first-order valence-corrected chi connectivity index (χ1v) is 6.71. The molecule has 5 nitrogen and oxygen atoms in total. The monoisotopic (exact) mass is 274 g/mol. The Bertz CT molecular complexity index is 261. The van der Waals surface area contributed by atoms with Gasteiger partial charge >= 0.3 is 11.9 Å². The van der Waals surface area contributed by atoms with Gasteiger partial charge in [0, 0.05) is 6.92 Å². The third kappa shape index (κ3) is 19.1. The minimum Gasteiger partial charge on any atom is -0.481 e. The summed E-state index contributed by atoms with van der Waals surface area (Å²) in [7, 11) is 0. The van der Waals surface area contributed by atoms with Gasteiger partial charge in [0.15, 0.2) is 0 Å². The van der Waals surface area contributed by atoms with Gasteiger partial charge in [0.2, 0.25) is 0 Å². The lowest BCUT2D eigenvalue weighted by Gasteiger charge is -2.14. The van der Waals surface area contributed by atoms with Crippen LogP contribution < -0.4 is 0 Å². The number of ketones is 1. The zero-order valence-electron chi connectivity index (χ0n) is 12.4. The fourth-order valence-corrected chi connectivity index (χ4v) is 1.42. The quantitative estimate of drug-likeness (QED) is 0.418. The van der Waals surface area contributed by atoms with Crippen molar-refractivity contribution in [2.75, 3.05) is 0 Å². The minimum absolute atomic E-state index is 0.147. The van der Waals surface area contributed by atoms with Gasteiger partial charge in [-0.25, -0.2) is 0 Å². The molecule has 0 fully saturated rings. The second-order valence-electron chi connectivity index (χ2n) is 4.41. The van der Waals surface area contributed by atoms with Gasteiger partial charge in [0.05, 0.1) is 0 Å². The molecule has 0 aromatic heterocycles. The van der Waals surface area contributed by atoms with Crippen LogP contribution in [0.2, 0.25) is 0 Å². The van der Waals surface area contributed by atoms with Gasteiger partial charge in [-0.3, -0.25) is 14.4 Å². The maximum atomic E-state index is 10.6. The Morgan fingerprint density at radius 2 is 1.68 bits per heavy atom. The van der Waals surface area contributed by atoms with Crippen LogP contribution in [0.5, 0.6) is 0 Å². The Hall–Kier alpha value is -1.39. The highest BCUT2D eigenvalue weighted by Gasteiger charge is 2.07. The molecular weight excluding hydrogens is 248 g/mol. The molecule has 0 bridgehead atoms. The first kappa shape index (κ1) is 19.9. The Morgan fingerprint density at radius 3 is 1.95 bits per heavy atom. The zero-order valence-corrected chi connectivity index (χ0v) is 12.4. The predicted octanol–water partition coefficient (Wildman–Crippen LogP) is 2.96. The first-order valence-electron chi connectivity index (χ1n) is 6.71. The fraction of sp³-hybridized carbons (Fsp3) is 0.786. The summed E-state index contributed by atoms with van der Waals surface area (Å²) in [4.78, 5) is 30.1. The summed E-state index contributed by atoms with van der Waals surface area (Å²) in [5.41, 5.74) is 0. The smallest absolute Gasteiger partial charge is 0.310 e. The van der Waals surface area contributed by atoms with Gasteiger partial charge in [0.25, 0.3) is 0 Å². The Kier molecular flexibility index (Phi) is 13.7. The van der Waals surface area contributed by atoms with Gasteiger partial charge in [-0.1, -0.05) is 26.7 Å². The van der Waals surface area contributed by atoms with Crippen molar-refractivity contribution in [2.24, 2.45) is 0 Å². The van der Waals surface area contributed by atoms with E-state index in [0.717, 1.165) is 12.8 Å². The summed E-state index contributed by atoms with van der Waals surface area (Å²) in [6.45, 7) is 6.95. The molecule has 0 rings (SSSR count). The molecule has 0 heterocycles. The molecule has 0 aromatic carbocycles. The minimum atomic E-state index is -1.06. The van der Waals surface area contributed by atoms with Gasteiger partial charge in [-0.05, 0) is 26.2 Å². The van der Waals surface area contributed by atoms with Crippen LogP contribution in [0.25, 0.3) is 0 Å². The Labute approximate surface area is 115 Å². The molecular formula is C14H26O5. The van der Waals surface area contributed by atoms with Crippen LogP contribution in [0.1, 0.15) is 66.2 Å². The molecule has 0 amide bonds. The number of carboxylic acid groups (broad SMARTS) is 1. The molecule has 0 saturated heterocycles. The summed E-state index contributed by atoms with van der Waals surface area (Å²) < 4.78 is 5.11. The van der Waals surface area contributed by atoms with Crippen LogP contribution in [0, 0.1) is 0 Å². The lowest BCUT2D eigenvalue weighted by atomic mass is 10.1. The predicted molar refractivity (Wildman–Crippen MR) is 72.9 cm³/mol. The number of aliphatic carboxylic acids is 1. The van der Waals surface area contributed by atoms with Gasteiger partial charge < -0.3 is 9.84 Å². The number of carbonyl (C=O) groups excluding carboxylic acids is 2. The third-order valence-electron chi connectivity index (χ3n) is 2.32. The number of hydrogen-bond acceptors (Lipinski definition) is 4. The topological polar surface area (TPSA) is 80.7 Å². The molecule has 0 aliphatic heterocycles. The van der Waals surface area contributed by atoms with Crippen LogP contribution in [-0.4, -0.2) is 28.9 Å². The average molecular weight is 274 g/mol. The van der Waals surface area contributed by atoms with E-state index in [2.05, 4.69) is 13.8 Å². The fourth-order valence-electron chi connectivity index (χ4n) is 1.42. The molecule has 19 heavy (non-hydrogen) atoms. The largest absolute Gasteiger partial charge is 0.481 e. The highest BCUT2D eigenvalue weighted by molar-refractivity contribution is 5.93. The van der Waals surface area contributed by atoms with E-state index in [1.807, 2.05) is 0 Å². The standard InChI is InChI=1S/C10H20O2.C4H6O3/c1-4-6-7-8-10(5-2)12-9(3)11;1-3(5)2-4(6)7/h10H,4-8H2,1-3H3;2H2,1H3,(H,6,7). The van der Waals surface area contributed by atoms with Crippen molar-refractivity contribution in [1.29, 1.82) is 0 Å². The van der Waals surface area contributed by atoms with Gasteiger partial charge in [-0.15, -0.1) is 0 Å². The molecule has 0 saturated carbocycles. The number of carboxylic acids is 1. The van der Waals surface area contributed by atoms with E-state index in [9.17, 15) is 14.4 Å². The molecule has 0 spiro atoms. The van der Waals surface area contributed by atoms with E-state index in [1.54, 1.807) is 0 Å². The van der Waals surface area contributed by atoms with E-state index < -0.39 is 5.97 Å². The van der Waals surface area contributed by atoms with Crippen molar-refractivity contribution >= 4 is 17.7 Å². The third-order valence-corrected chi connectivity index (χ3v) is 2.32. The van der Waals surface area contributed by atoms with Gasteiger partial charge in [0.1, 0.15) is 18.3 Å². The van der Waals surface area contributed by atoms with Crippen LogP contribution in [0.15, 0.2) is 0 Å². The second-order valence-corrected chi connectivity index (χ2v) is 4.41. The van der Waals surface area contributed by atoms with Crippen molar-refractivity contribution in [2.45, 2.75) is 72.3 Å². The van der Waals surface area contributed by atoms with E-state index in [4.69, 9.17) is 9.84 Å². The highest BCUT2D eigenvalue weighted by Crippen LogP contribution is 2.09. The van der Waals surface area contributed by atoms with Crippen molar-refractivity contribution in [3.63, 3.8) is 0 Å². The summed E-state index contributed by atoms with van der Waals surface area (Å²) in [6, 6.07) is 0. The van der Waals surface area contributed by atoms with Crippen molar-refractivity contribution in [1.82, 2.24) is 0 Å². The summed E-state index contributed by atoms with van der Waals surface area (Å²) in [5.74, 6) is -1.53. The van der Waals surface area contributed by atoms with Crippen LogP contribution in [0.3, 0.4) is 0 Å². The van der Waals surface area contributed by atoms with Crippen LogP contribution in [0.4, 0.5) is 0 Å². The Morgan fingerprint density at radius 1 is 1.11 bits per heavy atom. The van der Waals surface area contributed by atoms with Crippen molar-refractivity contribution in [3.05, 3.63) is 0 Å². The molecule has 5 heteroatoms. The van der Waals surface area contributed by atoms with Crippen molar-refractivity contribution < 1.29 is 24.2 Å². The lowest BCUT2D eigenvalue weighted by molar-refractivity contribution is -0.147. The van der Waals surface area contributed by atoms with E-state index in [-0.39, 0.29) is 24.3 Å². The maximum Gasteiger partial charge on any atom is 0.310 e. The molecule has 112 valence electrons. The molecule has 1 unspecified atom stereocenters. The maximum absolute atomic E-state index is 10.6. The van der Waals surface area contributed by atoms with Crippen LogP contribution >= 0.6 is 0 Å². The van der Waals surface area contributed by atoms with Crippen molar-refractivity contribution in [3.8, 4) is 0 Å². The molecule has 0 radical (unpaired) electrons. The number of unbranched alkanes of at least 4 members (excludes halogenated alkanes) is 2. The summed E-state index contributed by atoms with van der Waals surface area (Å²) in [5, 5.41) is 7.86. The second kappa shape index (κ2) is 13.1. The highest BCUT2D eigenvalue weighted by atomic mass is 16.5.